The first-order chi connectivity index (χ1) is 9.22. The Morgan fingerprint density at radius 3 is 2.25 bits per heavy atom. The average Bonchev–Trinajstić information content (AvgIpc) is 2.33. The molecule has 0 bridgehead atoms. The molecule has 4 nitrogen and oxygen atoms in total. The van der Waals surface area contributed by atoms with Gasteiger partial charge < -0.3 is 10.4 Å². The van der Waals surface area contributed by atoms with Gasteiger partial charge in [0.05, 0.1) is 12.8 Å². The molecule has 0 heterocycles. The molecule has 0 aromatic rings. The molecule has 0 radical (unpaired) electrons. The Morgan fingerprint density at radius 2 is 1.75 bits per heavy atom. The maximum Gasteiger partial charge on any atom is 0.389 e. The Hall–Kier alpha value is -1.27. The molecule has 2 N–H and O–H groups in total. The third-order valence-electron chi connectivity index (χ3n) is 3.74. The van der Waals surface area contributed by atoms with E-state index in [4.69, 9.17) is 5.11 Å². The predicted molar refractivity (Wildman–Crippen MR) is 66.1 cm³/mol. The van der Waals surface area contributed by atoms with Crippen molar-refractivity contribution in [2.24, 2.45) is 5.41 Å². The third kappa shape index (κ3) is 6.25. The first kappa shape index (κ1) is 16.8. The molecule has 1 rings (SSSR count). The molecule has 1 aliphatic carbocycles. The first-order valence-electron chi connectivity index (χ1n) is 6.78. The molecule has 0 aromatic heterocycles. The average molecular weight is 295 g/mol. The quantitative estimate of drug-likeness (QED) is 0.792. The number of carbonyl (C=O) groups is 2. The fourth-order valence-corrected chi connectivity index (χ4v) is 2.67. The van der Waals surface area contributed by atoms with E-state index in [0.717, 1.165) is 19.3 Å². The Morgan fingerprint density at radius 1 is 1.15 bits per heavy atom. The van der Waals surface area contributed by atoms with E-state index in [2.05, 4.69) is 5.32 Å². The van der Waals surface area contributed by atoms with E-state index in [9.17, 15) is 22.8 Å². The van der Waals surface area contributed by atoms with Gasteiger partial charge in [-0.15, -0.1) is 0 Å². The predicted octanol–water partition coefficient (Wildman–Crippen LogP) is 2.87. The summed E-state index contributed by atoms with van der Waals surface area (Å²) in [6, 6.07) is 0. The highest BCUT2D eigenvalue weighted by molar-refractivity contribution is 5.76. The molecule has 7 heteroatoms. The zero-order valence-corrected chi connectivity index (χ0v) is 11.3. The lowest BCUT2D eigenvalue weighted by Crippen LogP contribution is -2.40. The Kier molecular flexibility index (Phi) is 5.83. The van der Waals surface area contributed by atoms with Gasteiger partial charge in [-0.1, -0.05) is 19.3 Å². The van der Waals surface area contributed by atoms with Crippen LogP contribution in [-0.2, 0) is 9.59 Å². The van der Waals surface area contributed by atoms with Crippen LogP contribution in [0.3, 0.4) is 0 Å². The summed E-state index contributed by atoms with van der Waals surface area (Å²) in [4.78, 5) is 22.3. The summed E-state index contributed by atoms with van der Waals surface area (Å²) >= 11 is 0. The molecular formula is C13H20F3NO3. The van der Waals surface area contributed by atoms with Crippen LogP contribution in [0.5, 0.6) is 0 Å². The monoisotopic (exact) mass is 295 g/mol. The normalized spacial score (nSPS) is 18.6. The fourth-order valence-electron chi connectivity index (χ4n) is 2.67. The summed E-state index contributed by atoms with van der Waals surface area (Å²) in [5, 5.41) is 11.4. The number of aliphatic carboxylic acids is 1. The van der Waals surface area contributed by atoms with Crippen LogP contribution in [0.4, 0.5) is 13.2 Å². The molecule has 0 saturated heterocycles. The lowest BCUT2D eigenvalue weighted by Gasteiger charge is -2.36. The van der Waals surface area contributed by atoms with Gasteiger partial charge >= 0.3 is 12.1 Å². The van der Waals surface area contributed by atoms with Crippen molar-refractivity contribution in [2.45, 2.75) is 57.5 Å². The highest BCUT2D eigenvalue weighted by Gasteiger charge is 2.35. The number of hydrogen-bond acceptors (Lipinski definition) is 2. The van der Waals surface area contributed by atoms with Crippen molar-refractivity contribution in [1.29, 1.82) is 0 Å². The van der Waals surface area contributed by atoms with Crippen molar-refractivity contribution < 1.29 is 27.9 Å². The van der Waals surface area contributed by atoms with E-state index in [-0.39, 0.29) is 13.0 Å². The number of hydrogen-bond donors (Lipinski definition) is 2. The number of carboxylic acid groups (broad SMARTS) is 1. The molecule has 1 aliphatic rings. The summed E-state index contributed by atoms with van der Waals surface area (Å²) < 4.78 is 36.0. The Labute approximate surface area is 115 Å². The van der Waals surface area contributed by atoms with Gasteiger partial charge in [0.2, 0.25) is 5.91 Å². The lowest BCUT2D eigenvalue weighted by molar-refractivity contribution is -0.144. The van der Waals surface area contributed by atoms with Crippen LogP contribution in [0.2, 0.25) is 0 Å². The van der Waals surface area contributed by atoms with Crippen molar-refractivity contribution in [1.82, 2.24) is 5.32 Å². The smallest absolute Gasteiger partial charge is 0.389 e. The maximum atomic E-state index is 12.0. The van der Waals surface area contributed by atoms with E-state index in [1.54, 1.807) is 0 Å². The van der Waals surface area contributed by atoms with Gasteiger partial charge in [0.1, 0.15) is 0 Å². The summed E-state index contributed by atoms with van der Waals surface area (Å²) in [7, 11) is 0. The number of carbonyl (C=O) groups excluding carboxylic acids is 1. The molecule has 1 amide bonds. The standard InChI is InChI=1S/C13H20F3NO3/c14-13(15,16)7-4-10(18)17-9-12(8-11(19)20)5-2-1-3-6-12/h1-9H2,(H,17,18)(H,19,20). The van der Waals surface area contributed by atoms with E-state index >= 15 is 0 Å². The molecule has 116 valence electrons. The van der Waals surface area contributed by atoms with Crippen molar-refractivity contribution in [3.63, 3.8) is 0 Å². The lowest BCUT2D eigenvalue weighted by atomic mass is 9.71. The molecule has 20 heavy (non-hydrogen) atoms. The van der Waals surface area contributed by atoms with Crippen molar-refractivity contribution in [2.75, 3.05) is 6.54 Å². The minimum Gasteiger partial charge on any atom is -0.481 e. The van der Waals surface area contributed by atoms with Crippen LogP contribution < -0.4 is 5.32 Å². The van der Waals surface area contributed by atoms with Gasteiger partial charge in [-0.05, 0) is 18.3 Å². The highest BCUT2D eigenvalue weighted by Crippen LogP contribution is 2.38. The second-order valence-corrected chi connectivity index (χ2v) is 5.52. The number of nitrogens with one attached hydrogen (secondary N) is 1. The van der Waals surface area contributed by atoms with Gasteiger partial charge in [0.25, 0.3) is 0 Å². The topological polar surface area (TPSA) is 66.4 Å². The van der Waals surface area contributed by atoms with Crippen LogP contribution in [0, 0.1) is 5.41 Å². The number of alkyl halides is 3. The second-order valence-electron chi connectivity index (χ2n) is 5.52. The molecule has 0 aromatic carbocycles. The minimum atomic E-state index is -4.35. The molecular weight excluding hydrogens is 275 g/mol. The van der Waals surface area contributed by atoms with Crippen molar-refractivity contribution in [3.05, 3.63) is 0 Å². The minimum absolute atomic E-state index is 0.0491. The van der Waals surface area contributed by atoms with Gasteiger partial charge in [-0.2, -0.15) is 13.2 Å². The zero-order valence-electron chi connectivity index (χ0n) is 11.3. The summed E-state index contributed by atoms with van der Waals surface area (Å²) in [5.41, 5.74) is -0.502. The van der Waals surface area contributed by atoms with Crippen LogP contribution in [0.15, 0.2) is 0 Å². The summed E-state index contributed by atoms with van der Waals surface area (Å²) in [5.74, 6) is -1.60. The first-order valence-corrected chi connectivity index (χ1v) is 6.78. The largest absolute Gasteiger partial charge is 0.481 e. The van der Waals surface area contributed by atoms with Gasteiger partial charge in [-0.25, -0.2) is 0 Å². The van der Waals surface area contributed by atoms with Crippen LogP contribution in [-0.4, -0.2) is 29.7 Å². The number of halogens is 3. The van der Waals surface area contributed by atoms with E-state index in [1.165, 1.54) is 0 Å². The molecule has 0 spiro atoms. The van der Waals surface area contributed by atoms with Crippen molar-refractivity contribution >= 4 is 11.9 Å². The zero-order chi connectivity index (χ0) is 15.2. The molecule has 1 fully saturated rings. The van der Waals surface area contributed by atoms with E-state index in [1.807, 2.05) is 0 Å². The number of carboxylic acids is 1. The SMILES string of the molecule is O=C(O)CC1(CNC(=O)CCC(F)(F)F)CCCCC1. The van der Waals surface area contributed by atoms with Crippen LogP contribution in [0.25, 0.3) is 0 Å². The van der Waals surface area contributed by atoms with Gasteiger partial charge in [0.15, 0.2) is 0 Å². The Bertz CT molecular complexity index is 349. The molecule has 0 aliphatic heterocycles. The molecule has 1 saturated carbocycles. The van der Waals surface area contributed by atoms with E-state index < -0.39 is 36.3 Å². The molecule has 0 atom stereocenters. The second kappa shape index (κ2) is 6.95. The van der Waals surface area contributed by atoms with Crippen molar-refractivity contribution in [3.8, 4) is 0 Å². The number of amides is 1. The Balaban J connectivity index is 2.45. The van der Waals surface area contributed by atoms with Crippen LogP contribution >= 0.6 is 0 Å². The number of rotatable bonds is 6. The van der Waals surface area contributed by atoms with E-state index in [0.29, 0.717) is 12.8 Å². The highest BCUT2D eigenvalue weighted by atomic mass is 19.4. The molecule has 0 unspecified atom stereocenters. The van der Waals surface area contributed by atoms with Crippen LogP contribution in [0.1, 0.15) is 51.4 Å². The maximum absolute atomic E-state index is 12.0. The van der Waals surface area contributed by atoms with Gasteiger partial charge in [0, 0.05) is 13.0 Å². The summed E-state index contributed by atoms with van der Waals surface area (Å²) in [6.45, 7) is 0.149. The summed E-state index contributed by atoms with van der Waals surface area (Å²) in [6.07, 6.45) is -1.94. The fraction of sp³-hybridized carbons (Fsp3) is 0.846. The third-order valence-corrected chi connectivity index (χ3v) is 3.74. The van der Waals surface area contributed by atoms with Gasteiger partial charge in [-0.3, -0.25) is 9.59 Å².